The Hall–Kier alpha value is -1.85. The summed E-state index contributed by atoms with van der Waals surface area (Å²) in [5.41, 5.74) is 12.9. The molecule has 2 rings (SSSR count). The van der Waals surface area contributed by atoms with Gasteiger partial charge in [0.2, 0.25) is 0 Å². The third-order valence-electron chi connectivity index (χ3n) is 4.08. The SMILES string of the molecule is CCCN(CCC)CCCOc1ccc(Sc2ccc(N)c(N)c2)cc1. The smallest absolute Gasteiger partial charge is 0.119 e. The van der Waals surface area contributed by atoms with Crippen LogP contribution in [0.15, 0.2) is 52.3 Å². The second-order valence-corrected chi connectivity index (χ2v) is 7.55. The standard InChI is InChI=1S/C21H31N3OS/c1-3-12-24(13-4-2)14-5-15-25-17-6-8-18(9-7-17)26-19-10-11-20(22)21(23)16-19/h6-11,16H,3-5,12-15,22-23H2,1-2H3. The van der Waals surface area contributed by atoms with E-state index in [0.717, 1.165) is 35.1 Å². The molecule has 4 nitrogen and oxygen atoms in total. The molecule has 0 atom stereocenters. The molecular weight excluding hydrogens is 342 g/mol. The van der Waals surface area contributed by atoms with Crippen LogP contribution < -0.4 is 16.2 Å². The number of anilines is 2. The van der Waals surface area contributed by atoms with Crippen molar-refractivity contribution in [2.45, 2.75) is 42.9 Å². The fourth-order valence-electron chi connectivity index (χ4n) is 2.80. The summed E-state index contributed by atoms with van der Waals surface area (Å²) < 4.78 is 5.88. The molecule has 2 aromatic carbocycles. The Balaban J connectivity index is 1.77. The summed E-state index contributed by atoms with van der Waals surface area (Å²) in [5.74, 6) is 0.920. The zero-order chi connectivity index (χ0) is 18.8. The molecule has 0 fully saturated rings. The highest BCUT2D eigenvalue weighted by molar-refractivity contribution is 7.99. The lowest BCUT2D eigenvalue weighted by molar-refractivity contribution is 0.234. The summed E-state index contributed by atoms with van der Waals surface area (Å²) in [6, 6.07) is 13.9. The first-order chi connectivity index (χ1) is 12.6. The zero-order valence-corrected chi connectivity index (χ0v) is 16.7. The molecule has 0 aliphatic heterocycles. The van der Waals surface area contributed by atoms with Gasteiger partial charge in [0.25, 0.3) is 0 Å². The molecule has 2 aromatic rings. The molecule has 0 aliphatic carbocycles. The van der Waals surface area contributed by atoms with Crippen LogP contribution in [-0.4, -0.2) is 31.1 Å². The summed E-state index contributed by atoms with van der Waals surface area (Å²) in [7, 11) is 0. The Morgan fingerprint density at radius 2 is 1.50 bits per heavy atom. The molecule has 0 heterocycles. The molecule has 0 bridgehead atoms. The van der Waals surface area contributed by atoms with Gasteiger partial charge in [-0.1, -0.05) is 25.6 Å². The largest absolute Gasteiger partial charge is 0.494 e. The second-order valence-electron chi connectivity index (χ2n) is 6.41. The van der Waals surface area contributed by atoms with Crippen molar-refractivity contribution in [2.75, 3.05) is 37.7 Å². The van der Waals surface area contributed by atoms with Crippen molar-refractivity contribution in [2.24, 2.45) is 0 Å². The minimum atomic E-state index is 0.620. The number of nitrogens with two attached hydrogens (primary N) is 2. The molecule has 0 radical (unpaired) electrons. The van der Waals surface area contributed by atoms with E-state index in [9.17, 15) is 0 Å². The topological polar surface area (TPSA) is 64.5 Å². The summed E-state index contributed by atoms with van der Waals surface area (Å²) >= 11 is 1.66. The van der Waals surface area contributed by atoms with Crippen molar-refractivity contribution in [1.29, 1.82) is 0 Å². The van der Waals surface area contributed by atoms with Gasteiger partial charge in [0.15, 0.2) is 0 Å². The third-order valence-corrected chi connectivity index (χ3v) is 5.08. The Morgan fingerprint density at radius 1 is 0.846 bits per heavy atom. The molecule has 0 saturated carbocycles. The molecule has 0 aliphatic rings. The van der Waals surface area contributed by atoms with Gasteiger partial charge in [-0.05, 0) is 74.8 Å². The summed E-state index contributed by atoms with van der Waals surface area (Å²) in [6.45, 7) is 8.68. The first kappa shape index (κ1) is 20.5. The minimum absolute atomic E-state index is 0.620. The number of benzene rings is 2. The normalized spacial score (nSPS) is 11.0. The highest BCUT2D eigenvalue weighted by atomic mass is 32.2. The monoisotopic (exact) mass is 373 g/mol. The molecule has 142 valence electrons. The van der Waals surface area contributed by atoms with Gasteiger partial charge in [-0.15, -0.1) is 0 Å². The molecule has 0 saturated heterocycles. The zero-order valence-electron chi connectivity index (χ0n) is 15.9. The maximum atomic E-state index is 5.88. The number of ether oxygens (including phenoxy) is 1. The van der Waals surface area contributed by atoms with Crippen molar-refractivity contribution >= 4 is 23.1 Å². The van der Waals surface area contributed by atoms with Crippen LogP contribution in [0.1, 0.15) is 33.1 Å². The van der Waals surface area contributed by atoms with E-state index >= 15 is 0 Å². The van der Waals surface area contributed by atoms with Crippen molar-refractivity contribution < 1.29 is 4.74 Å². The van der Waals surface area contributed by atoms with Gasteiger partial charge in [-0.3, -0.25) is 0 Å². The van der Waals surface area contributed by atoms with Crippen LogP contribution in [-0.2, 0) is 0 Å². The van der Waals surface area contributed by atoms with Crippen LogP contribution in [0.2, 0.25) is 0 Å². The van der Waals surface area contributed by atoms with Crippen LogP contribution in [0.5, 0.6) is 5.75 Å². The summed E-state index contributed by atoms with van der Waals surface area (Å²) in [5, 5.41) is 0. The van der Waals surface area contributed by atoms with E-state index < -0.39 is 0 Å². The van der Waals surface area contributed by atoms with Gasteiger partial charge >= 0.3 is 0 Å². The molecule has 0 aromatic heterocycles. The summed E-state index contributed by atoms with van der Waals surface area (Å²) in [4.78, 5) is 4.75. The fourth-order valence-corrected chi connectivity index (χ4v) is 3.67. The molecule has 0 unspecified atom stereocenters. The predicted octanol–water partition coefficient (Wildman–Crippen LogP) is 4.89. The van der Waals surface area contributed by atoms with Crippen LogP contribution in [0.3, 0.4) is 0 Å². The summed E-state index contributed by atoms with van der Waals surface area (Å²) in [6.07, 6.45) is 3.47. The van der Waals surface area contributed by atoms with E-state index in [1.807, 2.05) is 30.3 Å². The maximum Gasteiger partial charge on any atom is 0.119 e. The number of nitrogens with zero attached hydrogens (tertiary/aromatic N) is 1. The van der Waals surface area contributed by atoms with Gasteiger partial charge in [0.05, 0.1) is 18.0 Å². The minimum Gasteiger partial charge on any atom is -0.494 e. The van der Waals surface area contributed by atoms with Gasteiger partial charge in [-0.25, -0.2) is 0 Å². The quantitative estimate of drug-likeness (QED) is 0.433. The number of hydrogen-bond donors (Lipinski definition) is 2. The highest BCUT2D eigenvalue weighted by Crippen LogP contribution is 2.31. The molecule has 0 spiro atoms. The Morgan fingerprint density at radius 3 is 2.12 bits per heavy atom. The molecule has 0 amide bonds. The molecule has 26 heavy (non-hydrogen) atoms. The van der Waals surface area contributed by atoms with Crippen LogP contribution >= 0.6 is 11.8 Å². The van der Waals surface area contributed by atoms with Crippen LogP contribution in [0.25, 0.3) is 0 Å². The first-order valence-corrected chi connectivity index (χ1v) is 10.2. The second kappa shape index (κ2) is 11.0. The van der Waals surface area contributed by atoms with E-state index in [2.05, 4.69) is 30.9 Å². The van der Waals surface area contributed by atoms with Crippen LogP contribution in [0, 0.1) is 0 Å². The fraction of sp³-hybridized carbons (Fsp3) is 0.429. The molecule has 5 heteroatoms. The molecular formula is C21H31N3OS. The van der Waals surface area contributed by atoms with Gasteiger partial charge < -0.3 is 21.1 Å². The Bertz CT molecular complexity index is 655. The average molecular weight is 374 g/mol. The Labute approximate surface area is 161 Å². The van der Waals surface area contributed by atoms with E-state index in [1.54, 1.807) is 11.8 Å². The van der Waals surface area contributed by atoms with E-state index in [-0.39, 0.29) is 0 Å². The lowest BCUT2D eigenvalue weighted by Crippen LogP contribution is -2.27. The van der Waals surface area contributed by atoms with Crippen molar-refractivity contribution in [3.63, 3.8) is 0 Å². The molecule has 4 N–H and O–H groups in total. The van der Waals surface area contributed by atoms with Crippen LogP contribution in [0.4, 0.5) is 11.4 Å². The van der Waals surface area contributed by atoms with Crippen molar-refractivity contribution in [3.05, 3.63) is 42.5 Å². The average Bonchev–Trinajstić information content (AvgIpc) is 2.63. The van der Waals surface area contributed by atoms with E-state index in [1.165, 1.54) is 25.9 Å². The number of hydrogen-bond acceptors (Lipinski definition) is 5. The van der Waals surface area contributed by atoms with E-state index in [4.69, 9.17) is 16.2 Å². The maximum absolute atomic E-state index is 5.88. The first-order valence-electron chi connectivity index (χ1n) is 9.40. The van der Waals surface area contributed by atoms with E-state index in [0.29, 0.717) is 11.4 Å². The third kappa shape index (κ3) is 6.81. The van der Waals surface area contributed by atoms with Gasteiger partial charge in [0, 0.05) is 16.3 Å². The lowest BCUT2D eigenvalue weighted by atomic mass is 10.3. The lowest BCUT2D eigenvalue weighted by Gasteiger charge is -2.20. The van der Waals surface area contributed by atoms with Gasteiger partial charge in [-0.2, -0.15) is 0 Å². The van der Waals surface area contributed by atoms with Gasteiger partial charge in [0.1, 0.15) is 5.75 Å². The predicted molar refractivity (Wildman–Crippen MR) is 113 cm³/mol. The van der Waals surface area contributed by atoms with Crippen molar-refractivity contribution in [3.8, 4) is 5.75 Å². The number of rotatable bonds is 11. The Kier molecular flexibility index (Phi) is 8.65. The van der Waals surface area contributed by atoms with Crippen molar-refractivity contribution in [1.82, 2.24) is 4.90 Å². The number of nitrogen functional groups attached to an aromatic ring is 2. The highest BCUT2D eigenvalue weighted by Gasteiger charge is 2.04.